The molecule has 0 heterocycles. The van der Waals surface area contributed by atoms with E-state index in [1.807, 2.05) is 42.5 Å². The molecule has 2 aromatic rings. The van der Waals surface area contributed by atoms with Crippen molar-refractivity contribution in [2.24, 2.45) is 5.92 Å². The molecular formula is C19H23NO2. The molecule has 22 heavy (non-hydrogen) atoms. The second-order valence-electron chi connectivity index (χ2n) is 5.73. The summed E-state index contributed by atoms with van der Waals surface area (Å²) in [6.45, 7) is 5.53. The minimum Gasteiger partial charge on any atom is -0.494 e. The van der Waals surface area contributed by atoms with Crippen LogP contribution in [0.25, 0.3) is 0 Å². The van der Waals surface area contributed by atoms with Crippen molar-refractivity contribution >= 4 is 5.91 Å². The normalized spacial score (nSPS) is 10.5. The van der Waals surface area contributed by atoms with Crippen LogP contribution in [0.1, 0.15) is 36.2 Å². The summed E-state index contributed by atoms with van der Waals surface area (Å²) in [4.78, 5) is 12.2. The zero-order valence-corrected chi connectivity index (χ0v) is 13.2. The van der Waals surface area contributed by atoms with E-state index in [1.54, 1.807) is 12.1 Å². The highest BCUT2D eigenvalue weighted by Gasteiger charge is 2.06. The molecule has 0 fully saturated rings. The Kier molecular flexibility index (Phi) is 6.01. The molecule has 0 radical (unpaired) electrons. The summed E-state index contributed by atoms with van der Waals surface area (Å²) >= 11 is 0. The molecule has 0 aliphatic rings. The van der Waals surface area contributed by atoms with Crippen LogP contribution in [-0.2, 0) is 6.54 Å². The van der Waals surface area contributed by atoms with Gasteiger partial charge in [-0.15, -0.1) is 0 Å². The Bertz CT molecular complexity index is 593. The van der Waals surface area contributed by atoms with Crippen LogP contribution >= 0.6 is 0 Å². The van der Waals surface area contributed by atoms with Gasteiger partial charge in [-0.3, -0.25) is 4.79 Å². The molecule has 1 N–H and O–H groups in total. The van der Waals surface area contributed by atoms with Crippen molar-refractivity contribution in [1.82, 2.24) is 5.32 Å². The fourth-order valence-corrected chi connectivity index (χ4v) is 2.02. The van der Waals surface area contributed by atoms with Gasteiger partial charge < -0.3 is 10.1 Å². The molecule has 2 aromatic carbocycles. The number of rotatable bonds is 7. The van der Waals surface area contributed by atoms with Crippen LogP contribution in [0.15, 0.2) is 54.6 Å². The lowest BCUT2D eigenvalue weighted by molar-refractivity contribution is 0.0950. The minimum absolute atomic E-state index is 0.0850. The van der Waals surface area contributed by atoms with Crippen LogP contribution in [0.5, 0.6) is 5.75 Å². The highest BCUT2D eigenvalue weighted by molar-refractivity contribution is 5.94. The lowest BCUT2D eigenvalue weighted by Crippen LogP contribution is -2.22. The Balaban J connectivity index is 1.89. The van der Waals surface area contributed by atoms with Gasteiger partial charge in [0.05, 0.1) is 6.61 Å². The van der Waals surface area contributed by atoms with Crippen molar-refractivity contribution in [3.63, 3.8) is 0 Å². The second-order valence-corrected chi connectivity index (χ2v) is 5.73. The van der Waals surface area contributed by atoms with Crippen molar-refractivity contribution in [3.8, 4) is 5.75 Å². The molecule has 2 rings (SSSR count). The van der Waals surface area contributed by atoms with Crippen molar-refractivity contribution in [2.75, 3.05) is 6.61 Å². The van der Waals surface area contributed by atoms with Crippen molar-refractivity contribution in [2.45, 2.75) is 26.8 Å². The van der Waals surface area contributed by atoms with E-state index in [-0.39, 0.29) is 5.91 Å². The first kappa shape index (κ1) is 16.1. The number of benzene rings is 2. The van der Waals surface area contributed by atoms with E-state index in [4.69, 9.17) is 4.74 Å². The molecule has 0 atom stereocenters. The van der Waals surface area contributed by atoms with E-state index < -0.39 is 0 Å². The van der Waals surface area contributed by atoms with Gasteiger partial charge in [0.2, 0.25) is 0 Å². The van der Waals surface area contributed by atoms with E-state index >= 15 is 0 Å². The molecule has 0 saturated heterocycles. The summed E-state index contributed by atoms with van der Waals surface area (Å²) in [5, 5.41) is 2.92. The maximum atomic E-state index is 12.2. The molecule has 0 aliphatic carbocycles. The van der Waals surface area contributed by atoms with Crippen LogP contribution in [0.4, 0.5) is 0 Å². The predicted molar refractivity (Wildman–Crippen MR) is 89.0 cm³/mol. The SMILES string of the molecule is CC(C)CCOc1cccc(C(=O)NCc2ccccc2)c1. The Labute approximate surface area is 132 Å². The predicted octanol–water partition coefficient (Wildman–Crippen LogP) is 4.04. The molecule has 1 amide bonds. The van der Waals surface area contributed by atoms with Gasteiger partial charge in [0, 0.05) is 12.1 Å². The maximum absolute atomic E-state index is 12.2. The van der Waals surface area contributed by atoms with Gasteiger partial charge in [0.25, 0.3) is 5.91 Å². The molecule has 0 aliphatic heterocycles. The van der Waals surface area contributed by atoms with Crippen LogP contribution in [0.2, 0.25) is 0 Å². The summed E-state index contributed by atoms with van der Waals surface area (Å²) in [6, 6.07) is 17.2. The Morgan fingerprint density at radius 3 is 2.59 bits per heavy atom. The highest BCUT2D eigenvalue weighted by atomic mass is 16.5. The summed E-state index contributed by atoms with van der Waals surface area (Å²) < 4.78 is 5.69. The van der Waals surface area contributed by atoms with E-state index in [1.165, 1.54) is 0 Å². The molecule has 0 saturated carbocycles. The van der Waals surface area contributed by atoms with Crippen LogP contribution < -0.4 is 10.1 Å². The van der Waals surface area contributed by atoms with Gasteiger partial charge >= 0.3 is 0 Å². The van der Waals surface area contributed by atoms with Gasteiger partial charge in [-0.25, -0.2) is 0 Å². The third-order valence-electron chi connectivity index (χ3n) is 3.36. The van der Waals surface area contributed by atoms with Gasteiger partial charge in [0.15, 0.2) is 0 Å². The number of hydrogen-bond donors (Lipinski definition) is 1. The Hall–Kier alpha value is -2.29. The first-order valence-electron chi connectivity index (χ1n) is 7.70. The average Bonchev–Trinajstić information content (AvgIpc) is 2.53. The zero-order chi connectivity index (χ0) is 15.8. The highest BCUT2D eigenvalue weighted by Crippen LogP contribution is 2.14. The minimum atomic E-state index is -0.0850. The summed E-state index contributed by atoms with van der Waals surface area (Å²) in [5.74, 6) is 1.27. The first-order valence-corrected chi connectivity index (χ1v) is 7.70. The van der Waals surface area contributed by atoms with Gasteiger partial charge in [-0.2, -0.15) is 0 Å². The zero-order valence-electron chi connectivity index (χ0n) is 13.2. The number of amides is 1. The number of carbonyl (C=O) groups excluding carboxylic acids is 1. The van der Waals surface area contributed by atoms with Crippen molar-refractivity contribution in [1.29, 1.82) is 0 Å². The lowest BCUT2D eigenvalue weighted by Gasteiger charge is -2.10. The number of carbonyl (C=O) groups is 1. The molecule has 0 spiro atoms. The smallest absolute Gasteiger partial charge is 0.251 e. The van der Waals surface area contributed by atoms with Gasteiger partial charge in [-0.05, 0) is 36.1 Å². The summed E-state index contributed by atoms with van der Waals surface area (Å²) in [5.41, 5.74) is 1.71. The van der Waals surface area contributed by atoms with Crippen LogP contribution in [-0.4, -0.2) is 12.5 Å². The molecule has 116 valence electrons. The van der Waals surface area contributed by atoms with Crippen molar-refractivity contribution in [3.05, 3.63) is 65.7 Å². The second kappa shape index (κ2) is 8.23. The topological polar surface area (TPSA) is 38.3 Å². The van der Waals surface area contributed by atoms with Crippen molar-refractivity contribution < 1.29 is 9.53 Å². The van der Waals surface area contributed by atoms with Crippen LogP contribution in [0, 0.1) is 5.92 Å². The quantitative estimate of drug-likeness (QED) is 0.837. The number of ether oxygens (including phenoxy) is 1. The fraction of sp³-hybridized carbons (Fsp3) is 0.316. The third kappa shape index (κ3) is 5.24. The van der Waals surface area contributed by atoms with E-state index in [0.717, 1.165) is 17.7 Å². The number of hydrogen-bond acceptors (Lipinski definition) is 2. The molecule has 0 bridgehead atoms. The molecule has 3 nitrogen and oxygen atoms in total. The van der Waals surface area contributed by atoms with Gasteiger partial charge in [-0.1, -0.05) is 50.2 Å². The summed E-state index contributed by atoms with van der Waals surface area (Å²) in [6.07, 6.45) is 1.00. The maximum Gasteiger partial charge on any atom is 0.251 e. The molecule has 3 heteroatoms. The van der Waals surface area contributed by atoms with E-state index in [2.05, 4.69) is 19.2 Å². The van der Waals surface area contributed by atoms with Crippen LogP contribution in [0.3, 0.4) is 0 Å². The monoisotopic (exact) mass is 297 g/mol. The number of nitrogens with one attached hydrogen (secondary N) is 1. The third-order valence-corrected chi connectivity index (χ3v) is 3.36. The van der Waals surface area contributed by atoms with Gasteiger partial charge in [0.1, 0.15) is 5.75 Å². The average molecular weight is 297 g/mol. The molecular weight excluding hydrogens is 274 g/mol. The lowest BCUT2D eigenvalue weighted by atomic mass is 10.1. The molecule has 0 aromatic heterocycles. The first-order chi connectivity index (χ1) is 10.6. The van der Waals surface area contributed by atoms with E-state index in [9.17, 15) is 4.79 Å². The Morgan fingerprint density at radius 2 is 1.86 bits per heavy atom. The largest absolute Gasteiger partial charge is 0.494 e. The summed E-state index contributed by atoms with van der Waals surface area (Å²) in [7, 11) is 0. The van der Waals surface area contributed by atoms with E-state index in [0.29, 0.717) is 24.6 Å². The Morgan fingerprint density at radius 1 is 1.09 bits per heavy atom. The standard InChI is InChI=1S/C19H23NO2/c1-15(2)11-12-22-18-10-6-9-17(13-18)19(21)20-14-16-7-4-3-5-8-16/h3-10,13,15H,11-12,14H2,1-2H3,(H,20,21). The fourth-order valence-electron chi connectivity index (χ4n) is 2.02. The molecule has 0 unspecified atom stereocenters.